The van der Waals surface area contributed by atoms with Crippen LogP contribution in [-0.4, -0.2) is 36.4 Å². The number of rotatable bonds is 20. The molecule has 2 rings (SSSR count). The fourth-order valence-corrected chi connectivity index (χ4v) is 3.51. The minimum atomic E-state index is 0.698. The quantitative estimate of drug-likeness (QED) is 0.192. The Morgan fingerprint density at radius 2 is 1.06 bits per heavy atom. The lowest BCUT2D eigenvalue weighted by Crippen LogP contribution is -2.00. The Morgan fingerprint density at radius 3 is 1.70 bits per heavy atom. The van der Waals surface area contributed by atoms with E-state index in [1.807, 2.05) is 24.3 Å². The summed E-state index contributed by atoms with van der Waals surface area (Å²) in [6.45, 7) is 7.68. The Morgan fingerprint density at radius 1 is 0.545 bits per heavy atom. The molecule has 0 amide bonds. The predicted molar refractivity (Wildman–Crippen MR) is 136 cm³/mol. The zero-order chi connectivity index (χ0) is 23.4. The van der Waals surface area contributed by atoms with Crippen LogP contribution in [0.3, 0.4) is 0 Å². The standard InChI is InChI=1S/C28H44N2O3/c1-3-5-7-8-9-13-21-32-26-17-15-25(16-18-26)28-29-23-27(24-30-28)33-22-14-11-10-12-20-31-19-6-4-2/h15-18,23-24H,3-14,19-22H2,1-2H3. The lowest BCUT2D eigenvalue weighted by Gasteiger charge is -2.08. The summed E-state index contributed by atoms with van der Waals surface area (Å²) < 4.78 is 17.2. The van der Waals surface area contributed by atoms with Crippen molar-refractivity contribution in [1.29, 1.82) is 0 Å². The zero-order valence-corrected chi connectivity index (χ0v) is 20.9. The van der Waals surface area contributed by atoms with Crippen LogP contribution in [0, 0.1) is 0 Å². The van der Waals surface area contributed by atoms with Crippen molar-refractivity contribution < 1.29 is 14.2 Å². The van der Waals surface area contributed by atoms with Gasteiger partial charge < -0.3 is 14.2 Å². The molecule has 1 aromatic heterocycles. The Balaban J connectivity index is 1.58. The molecule has 0 aliphatic heterocycles. The van der Waals surface area contributed by atoms with Crippen LogP contribution in [-0.2, 0) is 4.74 Å². The molecule has 2 aromatic rings. The van der Waals surface area contributed by atoms with Gasteiger partial charge in [-0.2, -0.15) is 0 Å². The van der Waals surface area contributed by atoms with Gasteiger partial charge in [0, 0.05) is 18.8 Å². The normalized spacial score (nSPS) is 11.0. The van der Waals surface area contributed by atoms with Crippen molar-refractivity contribution in [3.05, 3.63) is 36.7 Å². The topological polar surface area (TPSA) is 53.5 Å². The summed E-state index contributed by atoms with van der Waals surface area (Å²) in [5.74, 6) is 2.33. The maximum atomic E-state index is 5.86. The second-order valence-corrected chi connectivity index (χ2v) is 8.61. The Bertz CT molecular complexity index is 704. The largest absolute Gasteiger partial charge is 0.494 e. The van der Waals surface area contributed by atoms with Crippen molar-refractivity contribution in [2.45, 2.75) is 90.9 Å². The molecular weight excluding hydrogens is 412 g/mol. The Hall–Kier alpha value is -2.14. The van der Waals surface area contributed by atoms with Crippen molar-refractivity contribution >= 4 is 0 Å². The molecule has 0 spiro atoms. The number of benzene rings is 1. The van der Waals surface area contributed by atoms with E-state index in [1.165, 1.54) is 44.9 Å². The van der Waals surface area contributed by atoms with Gasteiger partial charge in [0.2, 0.25) is 0 Å². The molecule has 0 aliphatic carbocycles. The SMILES string of the molecule is CCCCCCCCOc1ccc(-c2ncc(OCCCCCCOCCCC)cn2)cc1. The first-order valence-electron chi connectivity index (χ1n) is 13.1. The number of unbranched alkanes of at least 4 members (excludes halogenated alkanes) is 9. The summed E-state index contributed by atoms with van der Waals surface area (Å²) in [5, 5.41) is 0. The molecule has 1 aromatic carbocycles. The number of hydrogen-bond donors (Lipinski definition) is 0. The van der Waals surface area contributed by atoms with Gasteiger partial charge in [-0.3, -0.25) is 0 Å². The van der Waals surface area contributed by atoms with Crippen LogP contribution in [0.4, 0.5) is 0 Å². The number of ether oxygens (including phenoxy) is 3. The van der Waals surface area contributed by atoms with Crippen molar-refractivity contribution in [3.8, 4) is 22.9 Å². The maximum absolute atomic E-state index is 5.86. The molecule has 33 heavy (non-hydrogen) atoms. The van der Waals surface area contributed by atoms with Crippen molar-refractivity contribution in [1.82, 2.24) is 9.97 Å². The van der Waals surface area contributed by atoms with E-state index in [9.17, 15) is 0 Å². The molecule has 0 aliphatic rings. The minimum Gasteiger partial charge on any atom is -0.494 e. The van der Waals surface area contributed by atoms with E-state index >= 15 is 0 Å². The summed E-state index contributed by atoms with van der Waals surface area (Å²) in [6, 6.07) is 8.01. The molecule has 0 bridgehead atoms. The Kier molecular flexibility index (Phi) is 15.0. The second kappa shape index (κ2) is 18.3. The average molecular weight is 457 g/mol. The van der Waals surface area contributed by atoms with Crippen LogP contribution in [0.15, 0.2) is 36.7 Å². The molecule has 0 N–H and O–H groups in total. The maximum Gasteiger partial charge on any atom is 0.159 e. The monoisotopic (exact) mass is 456 g/mol. The van der Waals surface area contributed by atoms with Crippen LogP contribution in [0.5, 0.6) is 11.5 Å². The van der Waals surface area contributed by atoms with E-state index in [-0.39, 0.29) is 0 Å². The van der Waals surface area contributed by atoms with Crippen molar-refractivity contribution in [2.24, 2.45) is 0 Å². The van der Waals surface area contributed by atoms with Crippen molar-refractivity contribution in [3.63, 3.8) is 0 Å². The lowest BCUT2D eigenvalue weighted by atomic mass is 10.1. The Labute approximate surface area is 201 Å². The van der Waals surface area contributed by atoms with E-state index in [0.29, 0.717) is 12.4 Å². The number of hydrogen-bond acceptors (Lipinski definition) is 5. The van der Waals surface area contributed by atoms with E-state index in [1.54, 1.807) is 12.4 Å². The summed E-state index contributed by atoms with van der Waals surface area (Å²) in [4.78, 5) is 8.92. The van der Waals surface area contributed by atoms with Crippen molar-refractivity contribution in [2.75, 3.05) is 26.4 Å². The van der Waals surface area contributed by atoms with E-state index in [2.05, 4.69) is 23.8 Å². The van der Waals surface area contributed by atoms with Gasteiger partial charge in [0.05, 0.1) is 25.6 Å². The molecule has 0 atom stereocenters. The van der Waals surface area contributed by atoms with Gasteiger partial charge in [-0.15, -0.1) is 0 Å². The molecule has 1 heterocycles. The fourth-order valence-electron chi connectivity index (χ4n) is 3.51. The third-order valence-corrected chi connectivity index (χ3v) is 5.60. The highest BCUT2D eigenvalue weighted by Crippen LogP contribution is 2.21. The van der Waals surface area contributed by atoms with E-state index in [0.717, 1.165) is 69.0 Å². The fraction of sp³-hybridized carbons (Fsp3) is 0.643. The summed E-state index contributed by atoms with van der Waals surface area (Å²) >= 11 is 0. The summed E-state index contributed by atoms with van der Waals surface area (Å²) in [7, 11) is 0. The first-order valence-corrected chi connectivity index (χ1v) is 13.1. The zero-order valence-electron chi connectivity index (χ0n) is 20.9. The predicted octanol–water partition coefficient (Wildman–Crippen LogP) is 7.64. The molecule has 184 valence electrons. The van der Waals surface area contributed by atoms with Gasteiger partial charge in [-0.1, -0.05) is 58.8 Å². The van der Waals surface area contributed by atoms with Gasteiger partial charge >= 0.3 is 0 Å². The second-order valence-electron chi connectivity index (χ2n) is 8.61. The van der Waals surface area contributed by atoms with E-state index < -0.39 is 0 Å². The molecular formula is C28H44N2O3. The molecule has 0 fully saturated rings. The van der Waals surface area contributed by atoms with Gasteiger partial charge in [0.25, 0.3) is 0 Å². The van der Waals surface area contributed by atoms with Gasteiger partial charge in [0.1, 0.15) is 5.75 Å². The number of nitrogens with zero attached hydrogens (tertiary/aromatic N) is 2. The molecule has 0 unspecified atom stereocenters. The van der Waals surface area contributed by atoms with Gasteiger partial charge in [0.15, 0.2) is 11.6 Å². The third-order valence-electron chi connectivity index (χ3n) is 5.60. The molecule has 0 saturated carbocycles. The highest BCUT2D eigenvalue weighted by atomic mass is 16.5. The average Bonchev–Trinajstić information content (AvgIpc) is 2.85. The van der Waals surface area contributed by atoms with Crippen LogP contribution in [0.2, 0.25) is 0 Å². The van der Waals surface area contributed by atoms with Crippen LogP contribution >= 0.6 is 0 Å². The third kappa shape index (κ3) is 12.6. The van der Waals surface area contributed by atoms with Crippen LogP contribution in [0.25, 0.3) is 11.4 Å². The van der Waals surface area contributed by atoms with Crippen LogP contribution < -0.4 is 9.47 Å². The summed E-state index contributed by atoms with van der Waals surface area (Å²) in [5.41, 5.74) is 0.981. The first-order chi connectivity index (χ1) is 16.3. The molecule has 0 saturated heterocycles. The highest BCUT2D eigenvalue weighted by molar-refractivity contribution is 5.56. The van der Waals surface area contributed by atoms with Gasteiger partial charge in [-0.05, 0) is 56.4 Å². The first kappa shape index (κ1) is 27.1. The number of aromatic nitrogens is 2. The molecule has 5 nitrogen and oxygen atoms in total. The van der Waals surface area contributed by atoms with E-state index in [4.69, 9.17) is 14.2 Å². The summed E-state index contributed by atoms with van der Waals surface area (Å²) in [6.07, 6.45) is 18.0. The van der Waals surface area contributed by atoms with Gasteiger partial charge in [-0.25, -0.2) is 9.97 Å². The lowest BCUT2D eigenvalue weighted by molar-refractivity contribution is 0.126. The molecule has 5 heteroatoms. The highest BCUT2D eigenvalue weighted by Gasteiger charge is 2.03. The smallest absolute Gasteiger partial charge is 0.159 e. The minimum absolute atomic E-state index is 0.698. The molecule has 0 radical (unpaired) electrons. The van der Waals surface area contributed by atoms with Crippen LogP contribution in [0.1, 0.15) is 90.9 Å².